The minimum atomic E-state index is -0.604. The van der Waals surface area contributed by atoms with Crippen molar-refractivity contribution < 1.29 is 9.90 Å². The number of likely N-dealkylation sites (tertiary alicyclic amines) is 1. The summed E-state index contributed by atoms with van der Waals surface area (Å²) in [6, 6.07) is 11.0. The number of benzene rings is 1. The zero-order valence-electron chi connectivity index (χ0n) is 20.2. The second-order valence-electron chi connectivity index (χ2n) is 10.9. The Morgan fingerprint density at radius 3 is 2.69 bits per heavy atom. The number of rotatable bonds is 3. The molecule has 6 rings (SSSR count). The van der Waals surface area contributed by atoms with Crippen molar-refractivity contribution in [2.75, 3.05) is 19.6 Å². The number of aromatic nitrogens is 3. The van der Waals surface area contributed by atoms with E-state index in [0.717, 1.165) is 37.9 Å². The van der Waals surface area contributed by atoms with Crippen LogP contribution >= 0.6 is 0 Å². The molecule has 1 saturated carbocycles. The van der Waals surface area contributed by atoms with Gasteiger partial charge in [0.2, 0.25) is 5.78 Å². The summed E-state index contributed by atoms with van der Waals surface area (Å²) in [7, 11) is 0. The maximum atomic E-state index is 13.3. The van der Waals surface area contributed by atoms with Crippen LogP contribution in [0.15, 0.2) is 42.9 Å². The number of imidazole rings is 1. The van der Waals surface area contributed by atoms with Gasteiger partial charge in [-0.1, -0.05) is 38.1 Å². The van der Waals surface area contributed by atoms with E-state index in [9.17, 15) is 15.2 Å². The van der Waals surface area contributed by atoms with Gasteiger partial charge in [0.15, 0.2) is 0 Å². The number of hydrogen-bond donors (Lipinski definition) is 1. The number of aliphatic hydroxyl groups excluding tert-OH is 1. The number of aliphatic hydroxyl groups is 1. The fraction of sp³-hybridized carbons (Fsp3) is 0.481. The van der Waals surface area contributed by atoms with Gasteiger partial charge >= 0.3 is 0 Å². The highest BCUT2D eigenvalue weighted by Gasteiger charge is 2.63. The summed E-state index contributed by atoms with van der Waals surface area (Å²) in [6.45, 7) is 6.81. The van der Waals surface area contributed by atoms with Crippen LogP contribution in [0.25, 0.3) is 5.78 Å². The van der Waals surface area contributed by atoms with E-state index in [0.29, 0.717) is 24.6 Å². The van der Waals surface area contributed by atoms with Gasteiger partial charge in [0.25, 0.3) is 5.91 Å². The van der Waals surface area contributed by atoms with Crippen molar-refractivity contribution in [1.29, 1.82) is 5.26 Å². The monoisotopic (exact) mass is 470 g/mol. The van der Waals surface area contributed by atoms with Crippen LogP contribution < -0.4 is 0 Å². The molecule has 0 bridgehead atoms. The fourth-order valence-electron chi connectivity index (χ4n) is 6.07. The second-order valence-corrected chi connectivity index (χ2v) is 10.9. The van der Waals surface area contributed by atoms with Gasteiger partial charge in [-0.3, -0.25) is 14.1 Å². The van der Waals surface area contributed by atoms with E-state index >= 15 is 0 Å². The fourth-order valence-corrected chi connectivity index (χ4v) is 6.07. The number of carbonyl (C=O) groups excluding carboxylic acids is 1. The van der Waals surface area contributed by atoms with Crippen LogP contribution in [0.2, 0.25) is 0 Å². The van der Waals surface area contributed by atoms with Gasteiger partial charge in [-0.25, -0.2) is 9.97 Å². The summed E-state index contributed by atoms with van der Waals surface area (Å²) in [5.74, 6) is 0.242. The predicted molar refractivity (Wildman–Crippen MR) is 130 cm³/mol. The van der Waals surface area contributed by atoms with Crippen molar-refractivity contribution in [1.82, 2.24) is 24.2 Å². The van der Waals surface area contributed by atoms with Gasteiger partial charge in [0.05, 0.1) is 17.6 Å². The van der Waals surface area contributed by atoms with Gasteiger partial charge < -0.3 is 10.0 Å². The lowest BCUT2D eigenvalue weighted by atomic mass is 9.91. The van der Waals surface area contributed by atoms with Gasteiger partial charge in [0.1, 0.15) is 5.69 Å². The summed E-state index contributed by atoms with van der Waals surface area (Å²) in [4.78, 5) is 26.2. The van der Waals surface area contributed by atoms with Gasteiger partial charge in [0, 0.05) is 56.4 Å². The van der Waals surface area contributed by atoms with Gasteiger partial charge in [-0.15, -0.1) is 0 Å². The third-order valence-corrected chi connectivity index (χ3v) is 8.41. The van der Waals surface area contributed by atoms with Crippen LogP contribution in [-0.4, -0.2) is 67.0 Å². The lowest BCUT2D eigenvalue weighted by Gasteiger charge is -2.43. The second kappa shape index (κ2) is 7.87. The lowest BCUT2D eigenvalue weighted by Crippen LogP contribution is -2.56. The molecular weight excluding hydrogens is 440 g/mol. The van der Waals surface area contributed by atoms with Crippen molar-refractivity contribution in [3.05, 3.63) is 65.2 Å². The quantitative estimate of drug-likeness (QED) is 0.632. The van der Waals surface area contributed by atoms with Crippen LogP contribution in [0.1, 0.15) is 53.9 Å². The first-order valence-corrected chi connectivity index (χ1v) is 12.4. The van der Waals surface area contributed by atoms with E-state index in [4.69, 9.17) is 0 Å². The molecule has 3 atom stereocenters. The molecule has 2 aromatic heterocycles. The number of amides is 1. The molecule has 1 amide bonds. The number of fused-ring (bicyclic) bond motifs is 2. The summed E-state index contributed by atoms with van der Waals surface area (Å²) in [5.41, 5.74) is 3.26. The first kappa shape index (κ1) is 22.2. The van der Waals surface area contributed by atoms with E-state index in [-0.39, 0.29) is 17.4 Å². The number of carbonyl (C=O) groups is 1. The van der Waals surface area contributed by atoms with Crippen molar-refractivity contribution in [2.24, 2.45) is 5.41 Å². The Balaban J connectivity index is 1.16. The molecule has 2 aliphatic heterocycles. The zero-order chi connectivity index (χ0) is 24.4. The molecule has 8 heteroatoms. The summed E-state index contributed by atoms with van der Waals surface area (Å²) in [6.07, 6.45) is 7.17. The van der Waals surface area contributed by atoms with E-state index in [1.807, 2.05) is 6.20 Å². The smallest absolute Gasteiger partial charge is 0.274 e. The number of nitrogens with zero attached hydrogens (tertiary/aromatic N) is 6. The molecular formula is C27H30N6O2. The summed E-state index contributed by atoms with van der Waals surface area (Å²) < 4.78 is 1.74. The summed E-state index contributed by atoms with van der Waals surface area (Å²) >= 11 is 0. The Morgan fingerprint density at radius 1 is 1.20 bits per heavy atom. The molecule has 3 aromatic rings. The average Bonchev–Trinajstić information content (AvgIpc) is 3.21. The standard InChI is InChI=1S/C27H30N6O2/c1-26(2)16-27(26,17-28)20-11-29-25-30-21(14-33(25)13-20)24(35)32-10-8-22(23(34)15-32)31-9-7-18-5-3-4-6-19(18)12-31/h3-6,11,13-14,22-23,34H,7-10,12,15-16H2,1-2H3/t22-,23-,27-/m0/s1. The largest absolute Gasteiger partial charge is 0.390 e. The Labute approximate surface area is 204 Å². The maximum absolute atomic E-state index is 13.3. The number of hydrogen-bond acceptors (Lipinski definition) is 6. The van der Waals surface area contributed by atoms with Crippen molar-refractivity contribution in [3.8, 4) is 6.07 Å². The van der Waals surface area contributed by atoms with Crippen LogP contribution in [0.3, 0.4) is 0 Å². The highest BCUT2D eigenvalue weighted by molar-refractivity contribution is 5.92. The van der Waals surface area contributed by atoms with Crippen LogP contribution in [-0.2, 0) is 18.4 Å². The molecule has 4 heterocycles. The normalized spacial score (nSPS) is 27.9. The van der Waals surface area contributed by atoms with E-state index < -0.39 is 11.5 Å². The topological polar surface area (TPSA) is 97.8 Å². The molecule has 1 N–H and O–H groups in total. The molecule has 0 spiro atoms. The number of piperidine rings is 1. The Morgan fingerprint density at radius 2 is 1.97 bits per heavy atom. The predicted octanol–water partition coefficient (Wildman–Crippen LogP) is 2.55. The first-order valence-electron chi connectivity index (χ1n) is 12.4. The van der Waals surface area contributed by atoms with Crippen molar-refractivity contribution in [3.63, 3.8) is 0 Å². The summed E-state index contributed by atoms with van der Waals surface area (Å²) in [5, 5.41) is 20.8. The van der Waals surface area contributed by atoms with Gasteiger partial charge in [-0.2, -0.15) is 5.26 Å². The van der Waals surface area contributed by atoms with Gasteiger partial charge in [-0.05, 0) is 35.8 Å². The van der Waals surface area contributed by atoms with Crippen molar-refractivity contribution in [2.45, 2.75) is 57.2 Å². The van der Waals surface area contributed by atoms with E-state index in [1.54, 1.807) is 21.7 Å². The highest BCUT2D eigenvalue weighted by atomic mass is 16.3. The van der Waals surface area contributed by atoms with E-state index in [2.05, 4.69) is 59.1 Å². The third kappa shape index (κ3) is 3.53. The molecule has 1 saturated heterocycles. The lowest BCUT2D eigenvalue weighted by molar-refractivity contribution is -0.0139. The van der Waals surface area contributed by atoms with Crippen molar-refractivity contribution >= 4 is 11.7 Å². The Bertz CT molecular complexity index is 1360. The molecule has 3 aliphatic rings. The SMILES string of the molecule is CC1(C)C[C@]1(C#N)c1cnc2nc(C(=O)N3CC[C@H](N4CCc5ccccc5C4)[C@@H](O)C3)cn2c1. The first-order chi connectivity index (χ1) is 16.8. The molecule has 2 fully saturated rings. The minimum Gasteiger partial charge on any atom is -0.390 e. The number of nitriles is 1. The average molecular weight is 471 g/mol. The molecule has 0 unspecified atom stereocenters. The zero-order valence-corrected chi connectivity index (χ0v) is 20.2. The maximum Gasteiger partial charge on any atom is 0.274 e. The van der Waals surface area contributed by atoms with Crippen LogP contribution in [0.4, 0.5) is 0 Å². The Kier molecular flexibility index (Phi) is 4.99. The Hall–Kier alpha value is -3.28. The minimum absolute atomic E-state index is 0.0433. The molecule has 180 valence electrons. The molecule has 1 aliphatic carbocycles. The molecule has 35 heavy (non-hydrogen) atoms. The number of β-amino-alcohol motifs (C(OH)–C–C–N with tert-alkyl or cyclic N) is 1. The molecule has 8 nitrogen and oxygen atoms in total. The third-order valence-electron chi connectivity index (χ3n) is 8.41. The van der Waals surface area contributed by atoms with Crippen LogP contribution in [0, 0.1) is 16.7 Å². The highest BCUT2D eigenvalue weighted by Crippen LogP contribution is 2.63. The molecule has 0 radical (unpaired) electrons. The molecule has 1 aromatic carbocycles. The van der Waals surface area contributed by atoms with E-state index in [1.165, 1.54) is 11.1 Å². The van der Waals surface area contributed by atoms with Crippen LogP contribution in [0.5, 0.6) is 0 Å².